The van der Waals surface area contributed by atoms with Crippen molar-refractivity contribution in [1.82, 2.24) is 9.71 Å². The van der Waals surface area contributed by atoms with Crippen LogP contribution in [0.2, 0.25) is 0 Å². The summed E-state index contributed by atoms with van der Waals surface area (Å²) in [7, 11) is 1.10. The molecule has 2 heterocycles. The van der Waals surface area contributed by atoms with Crippen molar-refractivity contribution in [3.8, 4) is 5.88 Å². The van der Waals surface area contributed by atoms with Gasteiger partial charge >= 0.3 is 5.91 Å². The zero-order valence-electron chi connectivity index (χ0n) is 14.4. The quantitative estimate of drug-likeness (QED) is 0.728. The first-order chi connectivity index (χ1) is 12.3. The Morgan fingerprint density at radius 3 is 2.58 bits per heavy atom. The van der Waals surface area contributed by atoms with Crippen molar-refractivity contribution in [2.45, 2.75) is 4.90 Å². The molecule has 3 rings (SSSR count). The molecule has 0 spiro atoms. The number of nitrogens with one attached hydrogen (secondary N) is 1. The summed E-state index contributed by atoms with van der Waals surface area (Å²) in [5.74, 6) is -0.686. The third kappa shape index (κ3) is 3.47. The molecule has 0 aliphatic carbocycles. The molecule has 3 aromatic rings. The minimum atomic E-state index is -4.08. The molecule has 136 valence electrons. The number of hydrogen-bond donors (Lipinski definition) is 1. The lowest BCUT2D eigenvalue weighted by Gasteiger charge is -2.11. The summed E-state index contributed by atoms with van der Waals surface area (Å²) >= 11 is 0. The molecule has 0 saturated carbocycles. The molecule has 0 bridgehead atoms. The number of hydrogen-bond acceptors (Lipinski definition) is 7. The Hall–Kier alpha value is -3.07. The summed E-state index contributed by atoms with van der Waals surface area (Å²) in [5, 5.41) is 0.698. The van der Waals surface area contributed by atoms with E-state index in [1.54, 1.807) is 12.1 Å². The number of rotatable bonds is 5. The van der Waals surface area contributed by atoms with Crippen molar-refractivity contribution in [3.63, 3.8) is 0 Å². The second-order valence-corrected chi connectivity index (χ2v) is 7.38. The third-order valence-corrected chi connectivity index (χ3v) is 5.02. The normalized spacial score (nSPS) is 11.3. The van der Waals surface area contributed by atoms with Crippen LogP contribution in [0.15, 0.2) is 51.9 Å². The van der Waals surface area contributed by atoms with Crippen LogP contribution >= 0.6 is 0 Å². The predicted octanol–water partition coefficient (Wildman–Crippen LogP) is 2.02. The summed E-state index contributed by atoms with van der Waals surface area (Å²) in [6.07, 6.45) is 1.11. The Morgan fingerprint density at radius 1 is 1.19 bits per heavy atom. The van der Waals surface area contributed by atoms with Crippen LogP contribution in [0, 0.1) is 0 Å². The highest BCUT2D eigenvalue weighted by molar-refractivity contribution is 7.90. The first-order valence-electron chi connectivity index (χ1n) is 7.58. The van der Waals surface area contributed by atoms with Gasteiger partial charge in [-0.15, -0.1) is 0 Å². The van der Waals surface area contributed by atoms with Gasteiger partial charge in [-0.25, -0.2) is 18.1 Å². The molecular formula is C17H17N3O5S. The Labute approximate surface area is 150 Å². The number of benzene rings is 1. The summed E-state index contributed by atoms with van der Waals surface area (Å²) < 4.78 is 37.0. The molecule has 0 atom stereocenters. The summed E-state index contributed by atoms with van der Waals surface area (Å²) in [5.41, 5.74) is 1.39. The fourth-order valence-electron chi connectivity index (χ4n) is 2.29. The standard InChI is InChI=1S/C17H17N3O5S/c1-20(2)12-5-4-11-8-15(25-14(11)9-12)17(21)19-26(22,23)13-6-7-16(24-3)18-10-13/h4-10H,1-3H3,(H,19,21). The van der Waals surface area contributed by atoms with E-state index in [1.165, 1.54) is 25.3 Å². The number of anilines is 1. The number of methoxy groups -OCH3 is 1. The van der Waals surface area contributed by atoms with Gasteiger partial charge in [-0.3, -0.25) is 4.79 Å². The van der Waals surface area contributed by atoms with E-state index in [0.717, 1.165) is 11.9 Å². The summed E-state index contributed by atoms with van der Waals surface area (Å²) in [6, 6.07) is 9.62. The van der Waals surface area contributed by atoms with Crippen LogP contribution in [0.5, 0.6) is 5.88 Å². The van der Waals surface area contributed by atoms with E-state index in [0.29, 0.717) is 11.0 Å². The zero-order chi connectivity index (χ0) is 18.9. The first kappa shape index (κ1) is 17.7. The fraction of sp³-hybridized carbons (Fsp3) is 0.176. The van der Waals surface area contributed by atoms with E-state index >= 15 is 0 Å². The second-order valence-electron chi connectivity index (χ2n) is 5.70. The van der Waals surface area contributed by atoms with Gasteiger partial charge in [0.2, 0.25) is 5.88 Å². The van der Waals surface area contributed by atoms with Crippen LogP contribution in [0.1, 0.15) is 10.6 Å². The van der Waals surface area contributed by atoms with E-state index in [4.69, 9.17) is 9.15 Å². The maximum Gasteiger partial charge on any atom is 0.300 e. The van der Waals surface area contributed by atoms with Gasteiger partial charge in [0.1, 0.15) is 10.5 Å². The van der Waals surface area contributed by atoms with Crippen molar-refractivity contribution in [2.24, 2.45) is 0 Å². The average molecular weight is 375 g/mol. The first-order valence-corrected chi connectivity index (χ1v) is 9.06. The van der Waals surface area contributed by atoms with Crippen LogP contribution in [0.3, 0.4) is 0 Å². The second kappa shape index (κ2) is 6.68. The van der Waals surface area contributed by atoms with E-state index in [-0.39, 0.29) is 16.5 Å². The predicted molar refractivity (Wildman–Crippen MR) is 96.0 cm³/mol. The van der Waals surface area contributed by atoms with Gasteiger partial charge in [-0.1, -0.05) is 0 Å². The average Bonchev–Trinajstić information content (AvgIpc) is 3.04. The molecule has 26 heavy (non-hydrogen) atoms. The van der Waals surface area contributed by atoms with Crippen molar-refractivity contribution < 1.29 is 22.4 Å². The number of nitrogens with zero attached hydrogens (tertiary/aromatic N) is 2. The maximum absolute atomic E-state index is 12.3. The number of carbonyl (C=O) groups excluding carboxylic acids is 1. The summed E-state index contributed by atoms with van der Waals surface area (Å²) in [4.78, 5) is 17.9. The van der Waals surface area contributed by atoms with Crippen molar-refractivity contribution >= 4 is 32.6 Å². The Balaban J connectivity index is 1.85. The molecular weight excluding hydrogens is 358 g/mol. The van der Waals surface area contributed by atoms with Crippen LogP contribution in [0.4, 0.5) is 5.69 Å². The van der Waals surface area contributed by atoms with E-state index in [9.17, 15) is 13.2 Å². The molecule has 1 N–H and O–H groups in total. The van der Waals surface area contributed by atoms with Gasteiger partial charge in [0, 0.05) is 37.3 Å². The lowest BCUT2D eigenvalue weighted by atomic mass is 10.2. The van der Waals surface area contributed by atoms with Gasteiger partial charge in [0.05, 0.1) is 13.3 Å². The number of furan rings is 1. The molecule has 1 aromatic carbocycles. The molecule has 0 fully saturated rings. The molecule has 9 heteroatoms. The molecule has 0 aliphatic heterocycles. The van der Waals surface area contributed by atoms with Gasteiger partial charge in [-0.2, -0.15) is 0 Å². The topological polar surface area (TPSA) is 102 Å². The molecule has 1 amide bonds. The van der Waals surface area contributed by atoms with Gasteiger partial charge in [0.25, 0.3) is 10.0 Å². The highest BCUT2D eigenvalue weighted by Crippen LogP contribution is 2.24. The van der Waals surface area contributed by atoms with Gasteiger partial charge in [-0.05, 0) is 24.3 Å². The number of aromatic nitrogens is 1. The highest BCUT2D eigenvalue weighted by atomic mass is 32.2. The van der Waals surface area contributed by atoms with Gasteiger partial charge < -0.3 is 14.1 Å². The molecule has 2 aromatic heterocycles. The molecule has 0 unspecified atom stereocenters. The molecule has 0 radical (unpaired) electrons. The monoisotopic (exact) mass is 375 g/mol. The number of carbonyl (C=O) groups is 1. The van der Waals surface area contributed by atoms with Crippen molar-refractivity contribution in [2.75, 3.05) is 26.1 Å². The van der Waals surface area contributed by atoms with Crippen LogP contribution in [-0.2, 0) is 10.0 Å². The van der Waals surface area contributed by atoms with E-state index < -0.39 is 15.9 Å². The van der Waals surface area contributed by atoms with Crippen LogP contribution in [-0.4, -0.2) is 40.5 Å². The zero-order valence-corrected chi connectivity index (χ0v) is 15.2. The Morgan fingerprint density at radius 2 is 1.96 bits per heavy atom. The van der Waals surface area contributed by atoms with Crippen molar-refractivity contribution in [1.29, 1.82) is 0 Å². The smallest absolute Gasteiger partial charge is 0.300 e. The van der Waals surface area contributed by atoms with E-state index in [2.05, 4.69) is 4.98 Å². The fourth-order valence-corrected chi connectivity index (χ4v) is 3.19. The number of ether oxygens (including phenoxy) is 1. The minimum absolute atomic E-state index is 0.0963. The largest absolute Gasteiger partial charge is 0.481 e. The molecule has 8 nitrogen and oxygen atoms in total. The molecule has 0 aliphatic rings. The SMILES string of the molecule is COc1ccc(S(=O)(=O)NC(=O)c2cc3ccc(N(C)C)cc3o2)cn1. The number of fused-ring (bicyclic) bond motifs is 1. The maximum atomic E-state index is 12.3. The lowest BCUT2D eigenvalue weighted by Crippen LogP contribution is -2.30. The minimum Gasteiger partial charge on any atom is -0.481 e. The van der Waals surface area contributed by atoms with Crippen LogP contribution < -0.4 is 14.4 Å². The summed E-state index contributed by atoms with van der Waals surface area (Å²) in [6.45, 7) is 0. The number of amides is 1. The van der Waals surface area contributed by atoms with Gasteiger partial charge in [0.15, 0.2) is 5.76 Å². The van der Waals surface area contributed by atoms with Crippen LogP contribution in [0.25, 0.3) is 11.0 Å². The highest BCUT2D eigenvalue weighted by Gasteiger charge is 2.22. The van der Waals surface area contributed by atoms with Crippen molar-refractivity contribution in [3.05, 3.63) is 48.4 Å². The Bertz CT molecular complexity index is 1060. The number of pyridine rings is 1. The van der Waals surface area contributed by atoms with E-state index in [1.807, 2.05) is 29.8 Å². The number of sulfonamides is 1. The Kier molecular flexibility index (Phi) is 4.56. The third-order valence-electron chi connectivity index (χ3n) is 3.70. The lowest BCUT2D eigenvalue weighted by molar-refractivity contribution is 0.0956. The molecule has 0 saturated heterocycles.